The van der Waals surface area contributed by atoms with Crippen LogP contribution < -0.4 is 85.3 Å². The van der Waals surface area contributed by atoms with Crippen LogP contribution in [-0.2, 0) is 61.9 Å². The SMILES string of the molecule is CC[C@H](C)[C@@H]1NC(=O)[C@H](Cc2ccc([O-])cc2)N(C)C(=O)[C@H](Cc2ccccc2)N2C(=O)[C@H](CC[C@H]2O)N=C([O-])[C@H](Cc2ccccc2)NC(=O)[C@@H](NC(=O)[C@H](O)COP(=O)(O)O)[C@@H](C)OC1=O.[Na+].[Na+]. The molecule has 0 saturated carbocycles. The van der Waals surface area contributed by atoms with Crippen molar-refractivity contribution in [3.63, 3.8) is 0 Å². The molecule has 5 amide bonds. The van der Waals surface area contributed by atoms with Gasteiger partial charge in [-0.05, 0) is 54.7 Å². The number of phosphoric ester groups is 1. The Morgan fingerprint density at radius 1 is 0.857 bits per heavy atom. The molecule has 2 aliphatic heterocycles. The number of carbonyl (C=O) groups excluding carboxylic acids is 6. The molecule has 7 N–H and O–H groups in total. The standard InChI is InChI=1S/C46H59N6O15P.2Na/c1-5-26(2)38-46(62)67-27(3)39(50-42(58)36(54)25-66-68(63,64)65)43(59)48-33(22-28-12-8-6-9-13-28)40(56)47-32-20-21-37(55)52(44(32)60)35(24-29-14-10-7-11-15-29)45(61)51(4)34(41(57)49-38)23-30-16-18-31(53)19-17-30;;/h6-19,26-27,32-39,53-55H,5,20-25H2,1-4H3,(H,47,56)(H,48,59)(H,49,57)(H,50,58)(H2,63,64,65);;/q;2*+1/p-2/t26-,27+,32-,33-,34-,35-,36+,37+,38-,39-;;/m0../s1. The van der Waals surface area contributed by atoms with Gasteiger partial charge in [0, 0.05) is 19.9 Å². The van der Waals surface area contributed by atoms with Gasteiger partial charge in [0.1, 0.15) is 42.5 Å². The van der Waals surface area contributed by atoms with Gasteiger partial charge in [0.15, 0.2) is 6.10 Å². The maximum atomic E-state index is 15.0. The van der Waals surface area contributed by atoms with Crippen molar-refractivity contribution in [3.05, 3.63) is 102 Å². The number of cyclic esters (lactones) is 1. The quantitative estimate of drug-likeness (QED) is 0.0476. The first-order chi connectivity index (χ1) is 32.2. The van der Waals surface area contributed by atoms with E-state index in [-0.39, 0.29) is 103 Å². The van der Waals surface area contributed by atoms with E-state index in [4.69, 9.17) is 14.5 Å². The first-order valence-electron chi connectivity index (χ1n) is 22.0. The molecule has 3 aromatic carbocycles. The Morgan fingerprint density at radius 2 is 1.41 bits per heavy atom. The van der Waals surface area contributed by atoms with Crippen molar-refractivity contribution < 1.29 is 132 Å². The molecule has 2 aliphatic rings. The van der Waals surface area contributed by atoms with Crippen molar-refractivity contribution >= 4 is 49.2 Å². The van der Waals surface area contributed by atoms with Crippen LogP contribution in [0.5, 0.6) is 5.75 Å². The average Bonchev–Trinajstić information content (AvgIpc) is 3.30. The van der Waals surface area contributed by atoms with Gasteiger partial charge >= 0.3 is 72.9 Å². The van der Waals surface area contributed by atoms with Crippen LogP contribution in [0.4, 0.5) is 0 Å². The van der Waals surface area contributed by atoms with Crippen LogP contribution in [-0.4, -0.2) is 140 Å². The second-order valence-electron chi connectivity index (χ2n) is 16.9. The van der Waals surface area contributed by atoms with Crippen LogP contribution in [0.2, 0.25) is 0 Å². The molecule has 368 valence electrons. The number of aliphatic hydroxyl groups excluding tert-OH is 2. The number of hydrogen-bond acceptors (Lipinski definition) is 14. The summed E-state index contributed by atoms with van der Waals surface area (Å²) in [5, 5.41) is 55.8. The Bertz CT molecular complexity index is 2330. The number of nitrogens with zero attached hydrogens (tertiary/aromatic N) is 3. The minimum atomic E-state index is -5.18. The first-order valence-corrected chi connectivity index (χ1v) is 23.6. The van der Waals surface area contributed by atoms with E-state index in [0.717, 1.165) is 9.80 Å². The minimum absolute atomic E-state index is 0. The fraction of sp³-hybridized carbons (Fsp3) is 0.457. The second-order valence-corrected chi connectivity index (χ2v) is 18.1. The van der Waals surface area contributed by atoms with Crippen molar-refractivity contribution in [1.29, 1.82) is 0 Å². The molecule has 10 atom stereocenters. The van der Waals surface area contributed by atoms with E-state index >= 15 is 4.79 Å². The van der Waals surface area contributed by atoms with Gasteiger partial charge in [-0.3, -0.25) is 33.5 Å². The van der Waals surface area contributed by atoms with E-state index in [2.05, 4.69) is 25.5 Å². The molecule has 21 nitrogen and oxygen atoms in total. The van der Waals surface area contributed by atoms with Gasteiger partial charge in [-0.1, -0.05) is 105 Å². The van der Waals surface area contributed by atoms with E-state index in [1.165, 1.54) is 38.2 Å². The smallest absolute Gasteiger partial charge is 0.872 e. The number of aliphatic hydroxyl groups is 2. The minimum Gasteiger partial charge on any atom is -0.872 e. The first kappa shape index (κ1) is 60.1. The summed E-state index contributed by atoms with van der Waals surface area (Å²) in [5.41, 5.74) is 1.52. The third-order valence-electron chi connectivity index (χ3n) is 11.9. The Labute approximate surface area is 449 Å². The molecule has 3 aromatic rings. The number of piperidine rings is 1. The number of aliphatic imine (C=N–C) groups is 1. The summed E-state index contributed by atoms with van der Waals surface area (Å²) in [6, 6.07) is 13.0. The number of phosphoric acid groups is 1. The van der Waals surface area contributed by atoms with Crippen LogP contribution in [0.25, 0.3) is 0 Å². The van der Waals surface area contributed by atoms with E-state index in [0.29, 0.717) is 16.7 Å². The van der Waals surface area contributed by atoms with Gasteiger partial charge in [-0.15, -0.1) is 5.75 Å². The Morgan fingerprint density at radius 3 is 1.99 bits per heavy atom. The van der Waals surface area contributed by atoms with Gasteiger partial charge in [-0.25, -0.2) is 9.36 Å². The fourth-order valence-corrected chi connectivity index (χ4v) is 8.18. The summed E-state index contributed by atoms with van der Waals surface area (Å²) in [6.07, 6.45) is -6.12. The zero-order valence-electron chi connectivity index (χ0n) is 39.9. The number of esters is 1. The summed E-state index contributed by atoms with van der Waals surface area (Å²) in [6.45, 7) is 3.31. The number of ether oxygens (including phenoxy) is 1. The molecule has 2 heterocycles. The van der Waals surface area contributed by atoms with Crippen molar-refractivity contribution in [2.24, 2.45) is 10.9 Å². The molecule has 70 heavy (non-hydrogen) atoms. The number of hydrogen-bond donors (Lipinski definition) is 7. The molecular weight excluding hydrogens is 953 g/mol. The molecule has 0 aromatic heterocycles. The van der Waals surface area contributed by atoms with Gasteiger partial charge in [0.25, 0.3) is 5.91 Å². The summed E-state index contributed by atoms with van der Waals surface area (Å²) in [7, 11) is -3.86. The monoisotopic (exact) mass is 1010 g/mol. The molecule has 24 heteroatoms. The second kappa shape index (κ2) is 27.6. The summed E-state index contributed by atoms with van der Waals surface area (Å²) in [4.78, 5) is 111. The zero-order chi connectivity index (χ0) is 49.9. The van der Waals surface area contributed by atoms with Crippen molar-refractivity contribution in [3.8, 4) is 5.75 Å². The molecule has 5 rings (SSSR count). The molecule has 0 spiro atoms. The van der Waals surface area contributed by atoms with E-state index in [9.17, 15) is 49.0 Å². The average molecular weight is 1010 g/mol. The molecule has 1 saturated heterocycles. The number of fused-ring (bicyclic) bond motifs is 2. The predicted molar refractivity (Wildman–Crippen MR) is 238 cm³/mol. The molecular formula is C46H57N6Na2O15P. The summed E-state index contributed by atoms with van der Waals surface area (Å²) >= 11 is 0. The summed E-state index contributed by atoms with van der Waals surface area (Å²) < 4.78 is 21.4. The summed E-state index contributed by atoms with van der Waals surface area (Å²) in [5.74, 6) is -8.30. The van der Waals surface area contributed by atoms with Crippen LogP contribution in [0, 0.1) is 5.92 Å². The predicted octanol–water partition coefficient (Wildman–Crippen LogP) is -7.02. The number of rotatable bonds is 13. The molecule has 1 fully saturated rings. The Balaban J connectivity index is 0.00000648. The van der Waals surface area contributed by atoms with E-state index in [1.54, 1.807) is 74.5 Å². The van der Waals surface area contributed by atoms with Crippen molar-refractivity contribution in [1.82, 2.24) is 25.8 Å². The third kappa shape index (κ3) is 16.7. The number of carbonyl (C=O) groups is 6. The molecule has 0 radical (unpaired) electrons. The Kier molecular flexibility index (Phi) is 23.7. The number of nitrogens with one attached hydrogen (secondary N) is 3. The maximum absolute atomic E-state index is 15.0. The van der Waals surface area contributed by atoms with Crippen LogP contribution in [0.1, 0.15) is 56.7 Å². The topological polar surface area (TPSA) is 320 Å². The molecule has 0 aliphatic carbocycles. The van der Waals surface area contributed by atoms with Crippen LogP contribution >= 0.6 is 7.82 Å². The van der Waals surface area contributed by atoms with Crippen LogP contribution in [0.15, 0.2) is 89.9 Å². The van der Waals surface area contributed by atoms with Gasteiger partial charge in [0.2, 0.25) is 23.6 Å². The van der Waals surface area contributed by atoms with Crippen molar-refractivity contribution in [2.75, 3.05) is 13.7 Å². The van der Waals surface area contributed by atoms with Gasteiger partial charge < -0.3 is 60.7 Å². The molecule has 0 unspecified atom stereocenters. The van der Waals surface area contributed by atoms with Crippen LogP contribution in [0.3, 0.4) is 0 Å². The normalized spacial score (nSPS) is 24.9. The van der Waals surface area contributed by atoms with Gasteiger partial charge in [0.05, 0.1) is 12.6 Å². The zero-order valence-corrected chi connectivity index (χ0v) is 44.8. The third-order valence-corrected chi connectivity index (χ3v) is 12.4. The number of amides is 5. The van der Waals surface area contributed by atoms with E-state index < -0.39 is 116 Å². The van der Waals surface area contributed by atoms with Crippen molar-refractivity contribution in [2.45, 2.75) is 114 Å². The van der Waals surface area contributed by atoms with E-state index in [1.807, 2.05) is 0 Å². The largest absolute Gasteiger partial charge is 1.00 e. The van der Waals surface area contributed by atoms with Gasteiger partial charge in [-0.2, -0.15) is 0 Å². The number of benzene rings is 3. The maximum Gasteiger partial charge on any atom is 1.00 e. The molecule has 2 bridgehead atoms. The fourth-order valence-electron chi connectivity index (χ4n) is 7.84. The Hall–Kier alpha value is -4.22. The number of likely N-dealkylation sites (N-methyl/N-ethyl adjacent to an activating group) is 1.